The van der Waals surface area contributed by atoms with E-state index in [9.17, 15) is 9.59 Å². The molecule has 0 unspecified atom stereocenters. The topological polar surface area (TPSA) is 56.5 Å². The van der Waals surface area contributed by atoms with Crippen molar-refractivity contribution in [3.8, 4) is 0 Å². The van der Waals surface area contributed by atoms with Crippen LogP contribution in [0.1, 0.15) is 41.6 Å². The van der Waals surface area contributed by atoms with E-state index in [0.29, 0.717) is 5.39 Å². The monoisotopic (exact) mass is 302 g/mol. The molecule has 0 aliphatic rings. The molecular formula is C17H20NO4+. The van der Waals surface area contributed by atoms with Crippen LogP contribution >= 0.6 is 0 Å². The van der Waals surface area contributed by atoms with Gasteiger partial charge in [-0.2, -0.15) is 4.57 Å². The zero-order valence-corrected chi connectivity index (χ0v) is 13.5. The van der Waals surface area contributed by atoms with E-state index in [1.165, 1.54) is 14.2 Å². The lowest BCUT2D eigenvalue weighted by molar-refractivity contribution is -0.754. The lowest BCUT2D eigenvalue weighted by Gasteiger charge is -2.18. The number of rotatable bonds is 2. The summed E-state index contributed by atoms with van der Waals surface area (Å²) in [5, 5.41) is 1.51. The minimum Gasteiger partial charge on any atom is -0.465 e. The second-order valence-electron chi connectivity index (χ2n) is 5.96. The first-order chi connectivity index (χ1) is 10.3. The van der Waals surface area contributed by atoms with Crippen molar-refractivity contribution in [2.45, 2.75) is 26.3 Å². The maximum Gasteiger partial charge on any atom is 0.404 e. The minimum atomic E-state index is -0.568. The molecular weight excluding hydrogens is 282 g/mol. The van der Waals surface area contributed by atoms with Gasteiger partial charge in [-0.15, -0.1) is 0 Å². The maximum atomic E-state index is 12.3. The van der Waals surface area contributed by atoms with Gasteiger partial charge >= 0.3 is 17.6 Å². The summed E-state index contributed by atoms with van der Waals surface area (Å²) in [5.41, 5.74) is 0.0130. The highest BCUT2D eigenvalue weighted by atomic mass is 16.5. The summed E-state index contributed by atoms with van der Waals surface area (Å²) in [4.78, 5) is 24.6. The Morgan fingerprint density at radius 2 is 1.59 bits per heavy atom. The number of pyridine rings is 1. The highest BCUT2D eigenvalue weighted by Gasteiger charge is 2.37. The van der Waals surface area contributed by atoms with Gasteiger partial charge in [-0.1, -0.05) is 18.2 Å². The summed E-state index contributed by atoms with van der Waals surface area (Å²) < 4.78 is 11.5. The van der Waals surface area contributed by atoms with Crippen LogP contribution < -0.4 is 4.57 Å². The van der Waals surface area contributed by atoms with Crippen LogP contribution in [0.25, 0.3) is 10.8 Å². The Kier molecular flexibility index (Phi) is 4.17. The minimum absolute atomic E-state index is 0.195. The van der Waals surface area contributed by atoms with Crippen LogP contribution in [0.5, 0.6) is 0 Å². The summed E-state index contributed by atoms with van der Waals surface area (Å²) in [7, 11) is 2.60. The normalized spacial score (nSPS) is 11.3. The van der Waals surface area contributed by atoms with E-state index in [2.05, 4.69) is 0 Å². The van der Waals surface area contributed by atoms with Gasteiger partial charge in [-0.3, -0.25) is 0 Å². The van der Waals surface area contributed by atoms with Gasteiger partial charge in [-0.05, 0) is 6.07 Å². The Balaban J connectivity index is 3.01. The van der Waals surface area contributed by atoms with Crippen LogP contribution in [0.3, 0.4) is 0 Å². The number of hydrogen-bond donors (Lipinski definition) is 0. The number of methoxy groups -OCH3 is 2. The number of carbonyl (C=O) groups excluding carboxylic acids is 2. The van der Waals surface area contributed by atoms with Gasteiger partial charge in [0.15, 0.2) is 11.7 Å². The van der Waals surface area contributed by atoms with Gasteiger partial charge in [0.25, 0.3) is 0 Å². The average molecular weight is 302 g/mol. The number of aromatic nitrogens is 1. The van der Waals surface area contributed by atoms with Crippen LogP contribution in [0.15, 0.2) is 30.5 Å². The first kappa shape index (κ1) is 15.9. The van der Waals surface area contributed by atoms with Crippen molar-refractivity contribution in [2.75, 3.05) is 14.2 Å². The number of esters is 2. The van der Waals surface area contributed by atoms with Gasteiger partial charge in [0, 0.05) is 31.5 Å². The zero-order chi connectivity index (χ0) is 16.5. The molecule has 0 radical (unpaired) electrons. The van der Waals surface area contributed by atoms with Gasteiger partial charge in [-0.25, -0.2) is 9.59 Å². The van der Waals surface area contributed by atoms with Crippen molar-refractivity contribution in [1.29, 1.82) is 0 Å². The molecule has 0 saturated heterocycles. The highest BCUT2D eigenvalue weighted by Crippen LogP contribution is 2.23. The molecule has 0 amide bonds. The fourth-order valence-corrected chi connectivity index (χ4v) is 2.42. The molecule has 5 heteroatoms. The molecule has 0 N–H and O–H groups in total. The van der Waals surface area contributed by atoms with Crippen LogP contribution in [0.2, 0.25) is 0 Å². The van der Waals surface area contributed by atoms with Crippen molar-refractivity contribution in [1.82, 2.24) is 0 Å². The van der Waals surface area contributed by atoms with E-state index in [-0.39, 0.29) is 11.3 Å². The Labute approximate surface area is 129 Å². The van der Waals surface area contributed by atoms with Gasteiger partial charge < -0.3 is 9.47 Å². The quantitative estimate of drug-likeness (QED) is 0.631. The molecule has 0 aliphatic carbocycles. The summed E-state index contributed by atoms with van der Waals surface area (Å²) in [6.45, 7) is 5.86. The van der Waals surface area contributed by atoms with E-state index < -0.39 is 17.5 Å². The number of fused-ring (bicyclic) bond motifs is 1. The Hall–Kier alpha value is -2.43. The molecule has 1 aromatic carbocycles. The number of nitrogens with zero attached hydrogens (tertiary/aromatic N) is 1. The third-order valence-corrected chi connectivity index (χ3v) is 3.47. The molecule has 0 spiro atoms. The molecule has 1 aromatic heterocycles. The summed E-state index contributed by atoms with van der Waals surface area (Å²) in [5.74, 6) is -1.13. The Bertz CT molecular complexity index is 744. The number of hydrogen-bond acceptors (Lipinski definition) is 4. The molecule has 0 saturated carbocycles. The van der Waals surface area contributed by atoms with Crippen molar-refractivity contribution in [2.24, 2.45) is 0 Å². The van der Waals surface area contributed by atoms with Crippen LogP contribution in [0.4, 0.5) is 0 Å². The van der Waals surface area contributed by atoms with Crippen molar-refractivity contribution in [3.63, 3.8) is 0 Å². The Morgan fingerprint density at radius 3 is 2.14 bits per heavy atom. The van der Waals surface area contributed by atoms with Crippen LogP contribution in [-0.4, -0.2) is 26.2 Å². The molecule has 0 fully saturated rings. The molecule has 1 heterocycles. The summed E-state index contributed by atoms with van der Waals surface area (Å²) in [6.07, 6.45) is 1.86. The lowest BCUT2D eigenvalue weighted by Crippen LogP contribution is -2.55. The van der Waals surface area contributed by atoms with E-state index in [1.807, 2.05) is 45.2 Å². The largest absolute Gasteiger partial charge is 0.465 e. The van der Waals surface area contributed by atoms with Crippen LogP contribution in [-0.2, 0) is 15.0 Å². The molecule has 0 aliphatic heterocycles. The maximum absolute atomic E-state index is 12.3. The van der Waals surface area contributed by atoms with E-state index in [0.717, 1.165) is 5.39 Å². The first-order valence-corrected chi connectivity index (χ1v) is 6.95. The molecule has 22 heavy (non-hydrogen) atoms. The van der Waals surface area contributed by atoms with E-state index in [4.69, 9.17) is 9.47 Å². The van der Waals surface area contributed by atoms with Crippen molar-refractivity contribution < 1.29 is 23.6 Å². The molecule has 0 atom stereocenters. The lowest BCUT2D eigenvalue weighted by atomic mass is 9.99. The standard InChI is InChI=1S/C17H20NO4/c1-17(2,3)18-10-11-8-6-7-9-12(11)13(15(19)21-4)14(18)16(20)22-5/h6-10H,1-5H3/q+1. The predicted octanol–water partition coefficient (Wildman–Crippen LogP) is 2.46. The second kappa shape index (κ2) is 5.75. The third kappa shape index (κ3) is 2.66. The predicted molar refractivity (Wildman–Crippen MR) is 81.8 cm³/mol. The Morgan fingerprint density at radius 1 is 1.00 bits per heavy atom. The third-order valence-electron chi connectivity index (χ3n) is 3.47. The van der Waals surface area contributed by atoms with Gasteiger partial charge in [0.05, 0.1) is 14.2 Å². The number of carbonyl (C=O) groups is 2. The van der Waals surface area contributed by atoms with E-state index in [1.54, 1.807) is 10.6 Å². The van der Waals surface area contributed by atoms with E-state index >= 15 is 0 Å². The zero-order valence-electron chi connectivity index (χ0n) is 13.5. The fraction of sp³-hybridized carbons (Fsp3) is 0.353. The smallest absolute Gasteiger partial charge is 0.404 e. The van der Waals surface area contributed by atoms with Crippen LogP contribution in [0, 0.1) is 0 Å². The second-order valence-corrected chi connectivity index (χ2v) is 5.96. The SMILES string of the molecule is COC(=O)c1c(C(=O)OC)[n+](C(C)(C)C)cc2ccccc12. The first-order valence-electron chi connectivity index (χ1n) is 6.95. The molecule has 2 rings (SSSR count). The molecule has 116 valence electrons. The van der Waals surface area contributed by atoms with Crippen molar-refractivity contribution in [3.05, 3.63) is 41.7 Å². The molecule has 2 aromatic rings. The number of benzene rings is 1. The fourth-order valence-electron chi connectivity index (χ4n) is 2.42. The summed E-state index contributed by atoms with van der Waals surface area (Å²) in [6, 6.07) is 7.39. The molecule has 0 bridgehead atoms. The highest BCUT2D eigenvalue weighted by molar-refractivity contribution is 6.10. The number of ether oxygens (including phenoxy) is 2. The van der Waals surface area contributed by atoms with Gasteiger partial charge in [0.2, 0.25) is 0 Å². The van der Waals surface area contributed by atoms with Gasteiger partial charge in [0.1, 0.15) is 5.56 Å². The van der Waals surface area contributed by atoms with Crippen molar-refractivity contribution >= 4 is 22.7 Å². The summed E-state index contributed by atoms with van der Waals surface area (Å²) >= 11 is 0. The average Bonchev–Trinajstić information content (AvgIpc) is 2.50. The molecule has 5 nitrogen and oxygen atoms in total.